The summed E-state index contributed by atoms with van der Waals surface area (Å²) in [5, 5.41) is 5.67. The predicted molar refractivity (Wildman–Crippen MR) is 102 cm³/mol. The Morgan fingerprint density at radius 1 is 1.19 bits per heavy atom. The Morgan fingerprint density at radius 3 is 2.65 bits per heavy atom. The normalized spacial score (nSPS) is 13.6. The molecule has 0 atom stereocenters. The van der Waals surface area contributed by atoms with Crippen LogP contribution in [0.15, 0.2) is 24.3 Å². The van der Waals surface area contributed by atoms with Crippen LogP contribution in [0.1, 0.15) is 29.9 Å². The van der Waals surface area contributed by atoms with Gasteiger partial charge in [-0.3, -0.25) is 0 Å². The van der Waals surface area contributed by atoms with E-state index < -0.39 is 0 Å². The highest BCUT2D eigenvalue weighted by molar-refractivity contribution is 5.90. The molecule has 0 spiro atoms. The van der Waals surface area contributed by atoms with E-state index >= 15 is 0 Å². The second kappa shape index (κ2) is 8.03. The van der Waals surface area contributed by atoms with Crippen molar-refractivity contribution in [1.82, 2.24) is 15.3 Å². The molecular weight excluding hydrogens is 330 g/mol. The number of methoxy groups -OCH3 is 1. The number of carbonyl (C=O) groups is 1. The minimum absolute atomic E-state index is 0.281. The van der Waals surface area contributed by atoms with E-state index in [9.17, 15) is 4.79 Å². The molecule has 3 rings (SSSR count). The molecule has 26 heavy (non-hydrogen) atoms. The summed E-state index contributed by atoms with van der Waals surface area (Å²) in [6.07, 6.45) is 2.39. The fraction of sp³-hybridized carbons (Fsp3) is 0.421. The summed E-state index contributed by atoms with van der Waals surface area (Å²) in [6, 6.07) is 7.22. The van der Waals surface area contributed by atoms with Gasteiger partial charge in [0.15, 0.2) is 0 Å². The minimum atomic E-state index is -0.286. The van der Waals surface area contributed by atoms with Gasteiger partial charge in [0.2, 0.25) is 0 Å². The molecule has 2 amide bonds. The van der Waals surface area contributed by atoms with E-state index in [0.29, 0.717) is 5.82 Å². The second-order valence-electron chi connectivity index (χ2n) is 6.47. The lowest BCUT2D eigenvalue weighted by Gasteiger charge is -2.17. The van der Waals surface area contributed by atoms with Crippen LogP contribution in [0.5, 0.6) is 5.75 Å². The van der Waals surface area contributed by atoms with Crippen molar-refractivity contribution in [3.8, 4) is 5.75 Å². The highest BCUT2D eigenvalue weighted by Crippen LogP contribution is 2.21. The maximum Gasteiger partial charge on any atom is 0.319 e. The third-order valence-electron chi connectivity index (χ3n) is 4.41. The van der Waals surface area contributed by atoms with E-state index in [4.69, 9.17) is 4.74 Å². The number of aryl methyl sites for hydroxylation is 2. The fourth-order valence-corrected chi connectivity index (χ4v) is 3.03. The van der Waals surface area contributed by atoms with Crippen LogP contribution in [0, 0.1) is 13.8 Å². The third kappa shape index (κ3) is 4.41. The topological polar surface area (TPSA) is 79.4 Å². The Bertz CT molecular complexity index is 787. The molecule has 2 N–H and O–H groups in total. The number of rotatable bonds is 5. The molecule has 1 aromatic heterocycles. The lowest BCUT2D eigenvalue weighted by Crippen LogP contribution is -2.29. The van der Waals surface area contributed by atoms with Gasteiger partial charge in [0.1, 0.15) is 17.4 Å². The van der Waals surface area contributed by atoms with Crippen LogP contribution in [-0.4, -0.2) is 36.2 Å². The van der Waals surface area contributed by atoms with Crippen LogP contribution in [0.4, 0.5) is 16.3 Å². The summed E-state index contributed by atoms with van der Waals surface area (Å²) in [5.74, 6) is 2.32. The Hall–Kier alpha value is -2.83. The monoisotopic (exact) mass is 355 g/mol. The van der Waals surface area contributed by atoms with Crippen molar-refractivity contribution < 1.29 is 9.53 Å². The molecular formula is C19H25N5O2. The first kappa shape index (κ1) is 18.0. The molecule has 0 bridgehead atoms. The molecule has 0 aliphatic carbocycles. The minimum Gasteiger partial charge on any atom is -0.497 e. The van der Waals surface area contributed by atoms with Crippen LogP contribution in [0.2, 0.25) is 0 Å². The van der Waals surface area contributed by atoms with Crippen molar-refractivity contribution in [2.45, 2.75) is 33.2 Å². The summed E-state index contributed by atoms with van der Waals surface area (Å²) in [7, 11) is 1.62. The van der Waals surface area contributed by atoms with Gasteiger partial charge in [-0.05, 0) is 50.5 Å². The van der Waals surface area contributed by atoms with Gasteiger partial charge in [0.25, 0.3) is 0 Å². The number of nitrogens with one attached hydrogen (secondary N) is 2. The Morgan fingerprint density at radius 2 is 1.96 bits per heavy atom. The van der Waals surface area contributed by atoms with Gasteiger partial charge in [0.05, 0.1) is 13.7 Å². The van der Waals surface area contributed by atoms with E-state index in [1.165, 1.54) is 12.8 Å². The molecule has 0 saturated carbocycles. The SMILES string of the molecule is COc1ccc(NC(=O)NCc2nc(C)cc(N3CCCC3)n2)c(C)c1. The predicted octanol–water partition coefficient (Wildman–Crippen LogP) is 3.02. The van der Waals surface area contributed by atoms with E-state index in [-0.39, 0.29) is 12.6 Å². The number of hydrogen-bond acceptors (Lipinski definition) is 5. The summed E-state index contributed by atoms with van der Waals surface area (Å²) in [6.45, 7) is 6.21. The number of amides is 2. The van der Waals surface area contributed by atoms with Crippen molar-refractivity contribution in [1.29, 1.82) is 0 Å². The fourth-order valence-electron chi connectivity index (χ4n) is 3.03. The maximum atomic E-state index is 12.2. The summed E-state index contributed by atoms with van der Waals surface area (Å²) < 4.78 is 5.18. The smallest absolute Gasteiger partial charge is 0.319 e. The molecule has 1 aromatic carbocycles. The Balaban J connectivity index is 1.60. The summed E-state index contributed by atoms with van der Waals surface area (Å²) in [5.41, 5.74) is 2.58. The average Bonchev–Trinajstić information content (AvgIpc) is 3.16. The molecule has 138 valence electrons. The molecule has 0 unspecified atom stereocenters. The highest BCUT2D eigenvalue weighted by Gasteiger charge is 2.15. The first-order valence-corrected chi connectivity index (χ1v) is 8.84. The van der Waals surface area contributed by atoms with Gasteiger partial charge >= 0.3 is 6.03 Å². The van der Waals surface area contributed by atoms with Crippen molar-refractivity contribution in [3.05, 3.63) is 41.3 Å². The van der Waals surface area contributed by atoms with E-state index in [0.717, 1.165) is 41.6 Å². The van der Waals surface area contributed by atoms with Gasteiger partial charge in [-0.15, -0.1) is 0 Å². The number of hydrogen-bond donors (Lipinski definition) is 2. The van der Waals surface area contributed by atoms with Crippen molar-refractivity contribution in [2.75, 3.05) is 30.4 Å². The average molecular weight is 355 g/mol. The lowest BCUT2D eigenvalue weighted by molar-refractivity contribution is 0.251. The first-order chi connectivity index (χ1) is 12.5. The van der Waals surface area contributed by atoms with Gasteiger partial charge < -0.3 is 20.3 Å². The van der Waals surface area contributed by atoms with E-state index in [1.807, 2.05) is 38.1 Å². The van der Waals surface area contributed by atoms with Crippen molar-refractivity contribution in [2.24, 2.45) is 0 Å². The Labute approximate surface area is 153 Å². The first-order valence-electron chi connectivity index (χ1n) is 8.84. The quantitative estimate of drug-likeness (QED) is 0.862. The van der Waals surface area contributed by atoms with Crippen LogP contribution in [0.3, 0.4) is 0 Å². The zero-order chi connectivity index (χ0) is 18.5. The van der Waals surface area contributed by atoms with Gasteiger partial charge in [-0.1, -0.05) is 0 Å². The molecule has 7 heteroatoms. The molecule has 2 heterocycles. The lowest BCUT2D eigenvalue weighted by atomic mass is 10.2. The third-order valence-corrected chi connectivity index (χ3v) is 4.41. The standard InChI is InChI=1S/C19H25N5O2/c1-13-10-15(26-3)6-7-16(13)22-19(25)20-12-17-21-14(2)11-18(23-17)24-8-4-5-9-24/h6-7,10-11H,4-5,8-9,12H2,1-3H3,(H2,20,22,25). The van der Waals surface area contributed by atoms with E-state index in [2.05, 4.69) is 25.5 Å². The van der Waals surface area contributed by atoms with Gasteiger partial charge in [-0.25, -0.2) is 14.8 Å². The number of aromatic nitrogens is 2. The molecule has 1 aliphatic heterocycles. The molecule has 0 radical (unpaired) electrons. The highest BCUT2D eigenvalue weighted by atomic mass is 16.5. The van der Waals surface area contributed by atoms with Crippen LogP contribution in [0.25, 0.3) is 0 Å². The van der Waals surface area contributed by atoms with Crippen LogP contribution < -0.4 is 20.3 Å². The van der Waals surface area contributed by atoms with Gasteiger partial charge in [-0.2, -0.15) is 0 Å². The van der Waals surface area contributed by atoms with Crippen LogP contribution >= 0.6 is 0 Å². The summed E-state index contributed by atoms with van der Waals surface area (Å²) in [4.78, 5) is 23.5. The number of urea groups is 1. The molecule has 1 fully saturated rings. The van der Waals surface area contributed by atoms with Crippen LogP contribution in [-0.2, 0) is 6.54 Å². The number of carbonyl (C=O) groups excluding carboxylic acids is 1. The molecule has 7 nitrogen and oxygen atoms in total. The number of ether oxygens (including phenoxy) is 1. The maximum absolute atomic E-state index is 12.2. The number of benzene rings is 1. The number of anilines is 2. The zero-order valence-corrected chi connectivity index (χ0v) is 15.5. The van der Waals surface area contributed by atoms with Crippen molar-refractivity contribution in [3.63, 3.8) is 0 Å². The second-order valence-corrected chi connectivity index (χ2v) is 6.47. The number of nitrogens with zero attached hydrogens (tertiary/aromatic N) is 3. The molecule has 2 aromatic rings. The largest absolute Gasteiger partial charge is 0.497 e. The van der Waals surface area contributed by atoms with Gasteiger partial charge in [0, 0.05) is 30.5 Å². The molecule has 1 saturated heterocycles. The van der Waals surface area contributed by atoms with E-state index in [1.54, 1.807) is 7.11 Å². The Kier molecular flexibility index (Phi) is 5.55. The van der Waals surface area contributed by atoms with Crippen molar-refractivity contribution >= 4 is 17.5 Å². The summed E-state index contributed by atoms with van der Waals surface area (Å²) >= 11 is 0. The zero-order valence-electron chi connectivity index (χ0n) is 15.5. The molecule has 1 aliphatic rings.